The van der Waals surface area contributed by atoms with Crippen molar-refractivity contribution < 1.29 is 27.4 Å². The fraction of sp³-hybridized carbons (Fsp3) is 0.138. The van der Waals surface area contributed by atoms with Crippen LogP contribution in [0.3, 0.4) is 0 Å². The number of fused-ring (bicyclic) bond motifs is 1. The largest absolute Gasteiger partial charge is 0.454 e. The molecule has 0 unspecified atom stereocenters. The van der Waals surface area contributed by atoms with E-state index < -0.39 is 17.6 Å². The Balaban J connectivity index is 1.57. The molecule has 1 aliphatic rings. The number of carbonyl (C=O) groups is 1. The van der Waals surface area contributed by atoms with Crippen LogP contribution in [0.4, 0.5) is 13.2 Å². The van der Waals surface area contributed by atoms with Gasteiger partial charge in [0.2, 0.25) is 6.79 Å². The van der Waals surface area contributed by atoms with Crippen LogP contribution in [-0.2, 0) is 19.3 Å². The second-order valence-electron chi connectivity index (χ2n) is 8.46. The van der Waals surface area contributed by atoms with Crippen LogP contribution in [0.1, 0.15) is 27.0 Å². The number of rotatable bonds is 6. The Bertz CT molecular complexity index is 1370. The number of amides is 1. The standard InChI is InChI=1S/C29H22F3NO3/c30-29(31,32)23-12-13-24(22-9-5-2-6-10-22)25(16-23)28(34)33(17-20-7-3-1-4-8-20)18-21-11-14-26-27(15-21)36-19-35-26/h1-16H,17-19H2. The van der Waals surface area contributed by atoms with E-state index in [-0.39, 0.29) is 25.4 Å². The van der Waals surface area contributed by atoms with Gasteiger partial charge in [0.25, 0.3) is 5.91 Å². The third kappa shape index (κ3) is 5.05. The summed E-state index contributed by atoms with van der Waals surface area (Å²) in [7, 11) is 0. The number of benzene rings is 4. The molecule has 0 saturated heterocycles. The lowest BCUT2D eigenvalue weighted by Crippen LogP contribution is -2.31. The van der Waals surface area contributed by atoms with Crippen molar-refractivity contribution in [2.75, 3.05) is 6.79 Å². The van der Waals surface area contributed by atoms with Gasteiger partial charge in [-0.1, -0.05) is 72.8 Å². The van der Waals surface area contributed by atoms with E-state index in [4.69, 9.17) is 9.47 Å². The summed E-state index contributed by atoms with van der Waals surface area (Å²) in [6.45, 7) is 0.517. The molecular formula is C29H22F3NO3. The van der Waals surface area contributed by atoms with Crippen molar-refractivity contribution in [1.29, 1.82) is 0 Å². The van der Waals surface area contributed by atoms with Gasteiger partial charge in [-0.25, -0.2) is 0 Å². The zero-order valence-electron chi connectivity index (χ0n) is 19.2. The molecule has 182 valence electrons. The molecule has 5 rings (SSSR count). The number of hydrogen-bond acceptors (Lipinski definition) is 3. The van der Waals surface area contributed by atoms with Crippen LogP contribution < -0.4 is 9.47 Å². The van der Waals surface area contributed by atoms with Crippen LogP contribution in [0.5, 0.6) is 11.5 Å². The normalized spacial score (nSPS) is 12.4. The number of hydrogen-bond donors (Lipinski definition) is 0. The molecule has 7 heteroatoms. The monoisotopic (exact) mass is 489 g/mol. The Morgan fingerprint density at radius 3 is 2.14 bits per heavy atom. The van der Waals surface area contributed by atoms with E-state index >= 15 is 0 Å². The number of nitrogens with zero attached hydrogens (tertiary/aromatic N) is 1. The predicted octanol–water partition coefficient (Wildman–Crippen LogP) is 6.94. The van der Waals surface area contributed by atoms with Gasteiger partial charge in [0.15, 0.2) is 11.5 Å². The Morgan fingerprint density at radius 2 is 1.42 bits per heavy atom. The smallest absolute Gasteiger partial charge is 0.416 e. The number of ether oxygens (including phenoxy) is 2. The topological polar surface area (TPSA) is 38.8 Å². The lowest BCUT2D eigenvalue weighted by molar-refractivity contribution is -0.137. The molecule has 0 fully saturated rings. The summed E-state index contributed by atoms with van der Waals surface area (Å²) < 4.78 is 51.7. The second-order valence-corrected chi connectivity index (χ2v) is 8.46. The van der Waals surface area contributed by atoms with Crippen LogP contribution >= 0.6 is 0 Å². The van der Waals surface area contributed by atoms with Crippen LogP contribution in [0.15, 0.2) is 97.1 Å². The maximum absolute atomic E-state index is 14.0. The third-order valence-electron chi connectivity index (χ3n) is 5.98. The van der Waals surface area contributed by atoms with Gasteiger partial charge in [0, 0.05) is 18.7 Å². The lowest BCUT2D eigenvalue weighted by atomic mass is 9.96. The van der Waals surface area contributed by atoms with Crippen molar-refractivity contribution in [3.8, 4) is 22.6 Å². The molecule has 0 spiro atoms. The predicted molar refractivity (Wildman–Crippen MR) is 129 cm³/mol. The first-order chi connectivity index (χ1) is 17.4. The Hall–Kier alpha value is -4.26. The summed E-state index contributed by atoms with van der Waals surface area (Å²) >= 11 is 0. The summed E-state index contributed by atoms with van der Waals surface area (Å²) in [5, 5.41) is 0. The molecule has 0 aliphatic carbocycles. The Kier molecular flexibility index (Phi) is 6.38. The molecular weight excluding hydrogens is 467 g/mol. The minimum atomic E-state index is -4.58. The number of carbonyl (C=O) groups excluding carboxylic acids is 1. The van der Waals surface area contributed by atoms with E-state index in [9.17, 15) is 18.0 Å². The molecule has 0 aromatic heterocycles. The Labute approximate surface area is 206 Å². The van der Waals surface area contributed by atoms with E-state index in [1.54, 1.807) is 41.3 Å². The summed E-state index contributed by atoms with van der Waals surface area (Å²) in [4.78, 5) is 15.5. The molecule has 0 N–H and O–H groups in total. The number of halogens is 3. The average molecular weight is 489 g/mol. The molecule has 0 saturated carbocycles. The van der Waals surface area contributed by atoms with Crippen molar-refractivity contribution in [3.63, 3.8) is 0 Å². The molecule has 0 atom stereocenters. The highest BCUT2D eigenvalue weighted by molar-refractivity contribution is 6.01. The Morgan fingerprint density at radius 1 is 0.750 bits per heavy atom. The zero-order chi connectivity index (χ0) is 25.1. The van der Waals surface area contributed by atoms with Gasteiger partial charge in [0.05, 0.1) is 5.56 Å². The van der Waals surface area contributed by atoms with E-state index in [2.05, 4.69) is 0 Å². The molecule has 1 heterocycles. The van der Waals surface area contributed by atoms with E-state index in [1.165, 1.54) is 6.07 Å². The van der Waals surface area contributed by atoms with Gasteiger partial charge < -0.3 is 14.4 Å². The molecule has 4 nitrogen and oxygen atoms in total. The first-order valence-electron chi connectivity index (χ1n) is 11.4. The van der Waals surface area contributed by atoms with Crippen molar-refractivity contribution in [2.24, 2.45) is 0 Å². The number of alkyl halides is 3. The van der Waals surface area contributed by atoms with Gasteiger partial charge in [-0.05, 0) is 46.5 Å². The first kappa shape index (κ1) is 23.5. The molecule has 1 aliphatic heterocycles. The molecule has 0 radical (unpaired) electrons. The molecule has 36 heavy (non-hydrogen) atoms. The first-order valence-corrected chi connectivity index (χ1v) is 11.4. The minimum Gasteiger partial charge on any atom is -0.454 e. The van der Waals surface area contributed by atoms with Crippen LogP contribution in [0.2, 0.25) is 0 Å². The average Bonchev–Trinajstić information content (AvgIpc) is 3.36. The molecule has 4 aromatic rings. The quantitative estimate of drug-likeness (QED) is 0.294. The van der Waals surface area contributed by atoms with Crippen molar-refractivity contribution in [2.45, 2.75) is 19.3 Å². The lowest BCUT2D eigenvalue weighted by Gasteiger charge is -2.25. The van der Waals surface area contributed by atoms with Crippen molar-refractivity contribution >= 4 is 5.91 Å². The molecule has 1 amide bonds. The minimum absolute atomic E-state index is 0.00676. The van der Waals surface area contributed by atoms with Crippen molar-refractivity contribution in [1.82, 2.24) is 4.90 Å². The summed E-state index contributed by atoms with van der Waals surface area (Å²) in [5.41, 5.74) is 1.87. The molecule has 0 bridgehead atoms. The summed E-state index contributed by atoms with van der Waals surface area (Å²) in [5.74, 6) is 0.689. The molecule has 4 aromatic carbocycles. The summed E-state index contributed by atoms with van der Waals surface area (Å²) in [6.07, 6.45) is -4.58. The maximum Gasteiger partial charge on any atom is 0.416 e. The van der Waals surface area contributed by atoms with Gasteiger partial charge in [-0.15, -0.1) is 0 Å². The SMILES string of the molecule is O=C(c1cc(C(F)(F)F)ccc1-c1ccccc1)N(Cc1ccccc1)Cc1ccc2c(c1)OCO2. The fourth-order valence-corrected chi connectivity index (χ4v) is 4.20. The fourth-order valence-electron chi connectivity index (χ4n) is 4.20. The highest BCUT2D eigenvalue weighted by Gasteiger charge is 2.33. The van der Waals surface area contributed by atoms with Crippen molar-refractivity contribution in [3.05, 3.63) is 119 Å². The van der Waals surface area contributed by atoms with E-state index in [0.29, 0.717) is 22.6 Å². The second kappa shape index (κ2) is 9.77. The van der Waals surface area contributed by atoms with Crippen LogP contribution in [-0.4, -0.2) is 17.6 Å². The maximum atomic E-state index is 14.0. The third-order valence-corrected chi connectivity index (χ3v) is 5.98. The van der Waals surface area contributed by atoms with E-state index in [0.717, 1.165) is 23.3 Å². The van der Waals surface area contributed by atoms with E-state index in [1.807, 2.05) is 42.5 Å². The van der Waals surface area contributed by atoms with Crippen LogP contribution in [0.25, 0.3) is 11.1 Å². The van der Waals surface area contributed by atoms with Gasteiger partial charge >= 0.3 is 6.18 Å². The zero-order valence-corrected chi connectivity index (χ0v) is 19.2. The van der Waals surface area contributed by atoms with Gasteiger partial charge in [-0.2, -0.15) is 13.2 Å². The highest BCUT2D eigenvalue weighted by atomic mass is 19.4. The summed E-state index contributed by atoms with van der Waals surface area (Å²) in [6, 6.07) is 27.0. The highest BCUT2D eigenvalue weighted by Crippen LogP contribution is 2.35. The van der Waals surface area contributed by atoms with Gasteiger partial charge in [0.1, 0.15) is 0 Å². The van der Waals surface area contributed by atoms with Gasteiger partial charge in [-0.3, -0.25) is 4.79 Å². The van der Waals surface area contributed by atoms with Crippen LogP contribution in [0, 0.1) is 0 Å².